The number of hydrogen-bond donors (Lipinski definition) is 0. The topological polar surface area (TPSA) is 6.48 Å². The summed E-state index contributed by atoms with van der Waals surface area (Å²) in [6.07, 6.45) is 8.25. The number of nitrogens with zero attached hydrogens (tertiary/aromatic N) is 2. The number of anilines is 6. The predicted octanol–water partition coefficient (Wildman–Crippen LogP) is 10.7. The van der Waals surface area contributed by atoms with Gasteiger partial charge in [-0.25, -0.2) is 0 Å². The van der Waals surface area contributed by atoms with Crippen molar-refractivity contribution >= 4 is 57.2 Å². The maximum atomic E-state index is 2.64. The normalized spacial score (nSPS) is 19.5. The molecule has 0 radical (unpaired) electrons. The van der Waals surface area contributed by atoms with E-state index in [0.29, 0.717) is 5.92 Å². The lowest BCUT2D eigenvalue weighted by molar-refractivity contribution is 0.522. The lowest BCUT2D eigenvalue weighted by Crippen LogP contribution is -2.61. The highest BCUT2D eigenvalue weighted by Gasteiger charge is 2.47. The third-order valence-electron chi connectivity index (χ3n) is 13.8. The largest absolute Gasteiger partial charge is 0.311 e. The van der Waals surface area contributed by atoms with Gasteiger partial charge in [-0.3, -0.25) is 0 Å². The SMILES string of the molecule is CC1(C)CCc2cc3c(cc21)N(c1ccccc1)c1cc(C2CCCc4ccccc42)cc2c1B3c1cc3c(cc1N2c1ccccc1)C(C)(C)CC3. The van der Waals surface area contributed by atoms with Crippen LogP contribution in [-0.4, -0.2) is 6.71 Å². The Morgan fingerprint density at radius 2 is 1.04 bits per heavy atom. The molecule has 0 saturated heterocycles. The van der Waals surface area contributed by atoms with E-state index in [9.17, 15) is 0 Å². The summed E-state index contributed by atoms with van der Waals surface area (Å²) >= 11 is 0. The molecule has 0 saturated carbocycles. The molecule has 0 aromatic heterocycles. The molecule has 1 atom stereocenters. The van der Waals surface area contributed by atoms with Crippen molar-refractivity contribution in [3.8, 4) is 0 Å². The van der Waals surface area contributed by atoms with Crippen LogP contribution in [0.2, 0.25) is 0 Å². The molecule has 2 aliphatic heterocycles. The Morgan fingerprint density at radius 1 is 0.528 bits per heavy atom. The minimum absolute atomic E-state index is 0.153. The van der Waals surface area contributed by atoms with Gasteiger partial charge >= 0.3 is 0 Å². The Balaban J connectivity index is 1.27. The second-order valence-electron chi connectivity index (χ2n) is 17.8. The van der Waals surface area contributed by atoms with Gasteiger partial charge in [0.2, 0.25) is 0 Å². The van der Waals surface area contributed by atoms with E-state index in [-0.39, 0.29) is 17.5 Å². The molecule has 3 heteroatoms. The van der Waals surface area contributed by atoms with Crippen LogP contribution in [0.1, 0.15) is 98.2 Å². The fourth-order valence-corrected chi connectivity index (χ4v) is 11.1. The quantitative estimate of drug-likeness (QED) is 0.171. The maximum absolute atomic E-state index is 2.64. The predicted molar refractivity (Wildman–Crippen MR) is 224 cm³/mol. The molecule has 2 heterocycles. The first-order chi connectivity index (χ1) is 25.8. The highest BCUT2D eigenvalue weighted by Crippen LogP contribution is 2.51. The highest BCUT2D eigenvalue weighted by molar-refractivity contribution is 7.00. The van der Waals surface area contributed by atoms with E-state index in [1.807, 2.05) is 0 Å². The molecule has 53 heavy (non-hydrogen) atoms. The van der Waals surface area contributed by atoms with Crippen molar-refractivity contribution in [2.75, 3.05) is 9.80 Å². The molecule has 6 aromatic rings. The van der Waals surface area contributed by atoms with E-state index >= 15 is 0 Å². The Kier molecular flexibility index (Phi) is 6.69. The second kappa shape index (κ2) is 11.2. The zero-order chi connectivity index (χ0) is 35.6. The zero-order valence-electron chi connectivity index (χ0n) is 31.5. The third-order valence-corrected chi connectivity index (χ3v) is 13.8. The molecular weight excluding hydrogens is 639 g/mol. The van der Waals surface area contributed by atoms with Crippen LogP contribution in [0, 0.1) is 0 Å². The van der Waals surface area contributed by atoms with Crippen LogP contribution >= 0.6 is 0 Å². The lowest BCUT2D eigenvalue weighted by atomic mass is 9.33. The standard InChI is InChI=1S/C50H47BN2/c1-49(2)24-22-33-26-42-44(30-40(33)49)52(36-16-7-5-8-17-36)46-28-35(39-21-13-15-32-14-11-12-20-38(32)39)29-47-48(46)51(42)43-27-34-23-25-50(3,4)41(34)31-45(43)53(47)37-18-9-6-10-19-37/h5-12,14,16-20,26-31,39H,13,15,21-25H2,1-4H3. The van der Waals surface area contributed by atoms with Crippen molar-refractivity contribution in [1.82, 2.24) is 0 Å². The van der Waals surface area contributed by atoms with Crippen molar-refractivity contribution in [3.63, 3.8) is 0 Å². The molecule has 0 fully saturated rings. The van der Waals surface area contributed by atoms with Crippen molar-refractivity contribution in [1.29, 1.82) is 0 Å². The molecule has 2 nitrogen and oxygen atoms in total. The van der Waals surface area contributed by atoms with Crippen LogP contribution in [0.4, 0.5) is 34.1 Å². The average Bonchev–Trinajstić information content (AvgIpc) is 3.65. The number of aryl methyl sites for hydroxylation is 3. The Morgan fingerprint density at radius 3 is 1.58 bits per heavy atom. The summed E-state index contributed by atoms with van der Waals surface area (Å²) in [6.45, 7) is 9.95. The molecule has 0 amide bonds. The molecule has 0 N–H and O–H groups in total. The summed E-state index contributed by atoms with van der Waals surface area (Å²) in [7, 11) is 0. The van der Waals surface area contributed by atoms with Crippen LogP contribution in [0.3, 0.4) is 0 Å². The first-order valence-corrected chi connectivity index (χ1v) is 20.1. The number of hydrogen-bond acceptors (Lipinski definition) is 2. The first kappa shape index (κ1) is 31.5. The smallest absolute Gasteiger partial charge is 0.252 e. The number of rotatable bonds is 3. The molecular formula is C50H47BN2. The zero-order valence-corrected chi connectivity index (χ0v) is 31.5. The Hall–Kier alpha value is -5.02. The summed E-state index contributed by atoms with van der Waals surface area (Å²) in [5, 5.41) is 0. The van der Waals surface area contributed by atoms with E-state index in [4.69, 9.17) is 0 Å². The summed E-state index contributed by atoms with van der Waals surface area (Å²) in [4.78, 5) is 5.28. The van der Waals surface area contributed by atoms with Gasteiger partial charge in [0.1, 0.15) is 0 Å². The van der Waals surface area contributed by atoms with Crippen molar-refractivity contribution < 1.29 is 0 Å². The van der Waals surface area contributed by atoms with E-state index in [2.05, 4.69) is 159 Å². The van der Waals surface area contributed by atoms with Gasteiger partial charge in [0.05, 0.1) is 0 Å². The van der Waals surface area contributed by atoms with Crippen molar-refractivity contribution in [2.45, 2.75) is 89.4 Å². The summed E-state index contributed by atoms with van der Waals surface area (Å²) in [6, 6.07) is 47.4. The summed E-state index contributed by atoms with van der Waals surface area (Å²) in [5.74, 6) is 0.357. The van der Waals surface area contributed by atoms with Crippen LogP contribution in [0.25, 0.3) is 0 Å². The van der Waals surface area contributed by atoms with Crippen LogP contribution in [0.15, 0.2) is 121 Å². The first-order valence-electron chi connectivity index (χ1n) is 20.1. The molecule has 260 valence electrons. The van der Waals surface area contributed by atoms with E-state index in [0.717, 1.165) is 12.8 Å². The van der Waals surface area contributed by atoms with Gasteiger partial charge in [0.15, 0.2) is 0 Å². The monoisotopic (exact) mass is 686 g/mol. The van der Waals surface area contributed by atoms with Crippen molar-refractivity contribution in [2.24, 2.45) is 0 Å². The Labute approximate surface area is 315 Å². The second-order valence-corrected chi connectivity index (χ2v) is 17.8. The molecule has 5 aliphatic rings. The lowest BCUT2D eigenvalue weighted by Gasteiger charge is -2.45. The van der Waals surface area contributed by atoms with E-state index in [1.165, 1.54) is 122 Å². The fraction of sp³-hybridized carbons (Fsp3) is 0.280. The molecule has 0 bridgehead atoms. The molecule has 0 spiro atoms. The Bertz CT molecular complexity index is 2320. The molecule has 1 unspecified atom stereocenters. The number of benzene rings is 6. The van der Waals surface area contributed by atoms with Crippen LogP contribution in [0.5, 0.6) is 0 Å². The van der Waals surface area contributed by atoms with Gasteiger partial charge in [0.25, 0.3) is 6.71 Å². The summed E-state index contributed by atoms with van der Waals surface area (Å²) in [5.41, 5.74) is 23.1. The average molecular weight is 687 g/mol. The minimum Gasteiger partial charge on any atom is -0.311 e. The third kappa shape index (κ3) is 4.59. The van der Waals surface area contributed by atoms with Gasteiger partial charge in [-0.2, -0.15) is 0 Å². The number of fused-ring (bicyclic) bond motifs is 7. The minimum atomic E-state index is 0.153. The van der Waals surface area contributed by atoms with Gasteiger partial charge in [-0.05, 0) is 160 Å². The van der Waals surface area contributed by atoms with E-state index < -0.39 is 0 Å². The van der Waals surface area contributed by atoms with Gasteiger partial charge in [-0.15, -0.1) is 0 Å². The molecule has 6 aromatic carbocycles. The maximum Gasteiger partial charge on any atom is 0.252 e. The van der Waals surface area contributed by atoms with Gasteiger partial charge in [0, 0.05) is 40.0 Å². The van der Waals surface area contributed by atoms with Gasteiger partial charge in [-0.1, -0.05) is 100 Å². The fourth-order valence-electron chi connectivity index (χ4n) is 11.1. The van der Waals surface area contributed by atoms with Crippen LogP contribution in [-0.2, 0) is 30.1 Å². The highest BCUT2D eigenvalue weighted by atomic mass is 15.2. The molecule has 3 aliphatic carbocycles. The molecule has 11 rings (SSSR count). The summed E-state index contributed by atoms with van der Waals surface area (Å²) < 4.78 is 0. The van der Waals surface area contributed by atoms with E-state index in [1.54, 1.807) is 0 Å². The number of para-hydroxylation sites is 2. The van der Waals surface area contributed by atoms with Crippen LogP contribution < -0.4 is 26.2 Å². The van der Waals surface area contributed by atoms with Gasteiger partial charge < -0.3 is 9.80 Å². The van der Waals surface area contributed by atoms with Crippen molar-refractivity contribution in [3.05, 3.63) is 160 Å².